The number of hydrogen-bond donors (Lipinski definition) is 3. The first kappa shape index (κ1) is 22.6. The summed E-state index contributed by atoms with van der Waals surface area (Å²) in [6.45, 7) is -0.126. The first-order valence-corrected chi connectivity index (χ1v) is 6.54. The zero-order chi connectivity index (χ0) is 17.7. The molecule has 0 aromatic heterocycles. The molecular weight excluding hydrogens is 365 g/mol. The molecule has 0 aliphatic rings. The summed E-state index contributed by atoms with van der Waals surface area (Å²) in [6, 6.07) is 2.82. The first-order chi connectivity index (χ1) is 10.1. The minimum absolute atomic E-state index is 0.0669. The molecule has 0 aliphatic carbocycles. The van der Waals surface area contributed by atoms with Crippen LogP contribution in [0.5, 0.6) is 0 Å². The van der Waals surface area contributed by atoms with E-state index in [0.717, 1.165) is 18.2 Å². The Kier molecular flexibility index (Phi) is 13.4. The molecule has 0 amide bonds. The SMILES string of the molecule is Fc1cccc(F)c1F.NC(=S)OCC(=O)CCl.NC(O)=S. The van der Waals surface area contributed by atoms with Gasteiger partial charge in [-0.15, -0.1) is 11.6 Å². The third kappa shape index (κ3) is 14.8. The topological polar surface area (TPSA) is 98.6 Å². The Balaban J connectivity index is 0. The predicted octanol–water partition coefficient (Wildman–Crippen LogP) is 1.95. The summed E-state index contributed by atoms with van der Waals surface area (Å²) in [6.07, 6.45) is 0. The van der Waals surface area contributed by atoms with Crippen molar-refractivity contribution in [2.75, 3.05) is 12.5 Å². The zero-order valence-corrected chi connectivity index (χ0v) is 13.3. The smallest absolute Gasteiger partial charge is 0.254 e. The minimum atomic E-state index is -1.42. The van der Waals surface area contributed by atoms with Crippen LogP contribution in [0.4, 0.5) is 13.2 Å². The number of carbonyl (C=O) groups is 1. The minimum Gasteiger partial charge on any atom is -0.487 e. The molecular formula is C11H12ClF3N2O3S2. The average Bonchev–Trinajstić information content (AvgIpc) is 2.42. The molecule has 0 fully saturated rings. The quantitative estimate of drug-likeness (QED) is 0.421. The maximum atomic E-state index is 12.0. The van der Waals surface area contributed by atoms with Crippen LogP contribution in [-0.2, 0) is 9.53 Å². The van der Waals surface area contributed by atoms with Gasteiger partial charge < -0.3 is 21.3 Å². The molecule has 0 unspecified atom stereocenters. The van der Waals surface area contributed by atoms with Crippen LogP contribution in [0.15, 0.2) is 18.2 Å². The van der Waals surface area contributed by atoms with Gasteiger partial charge in [0.15, 0.2) is 29.8 Å². The molecule has 0 saturated heterocycles. The van der Waals surface area contributed by atoms with Gasteiger partial charge in [0.1, 0.15) is 0 Å². The highest BCUT2D eigenvalue weighted by Gasteiger charge is 2.04. The van der Waals surface area contributed by atoms with Gasteiger partial charge in [-0.05, 0) is 36.6 Å². The molecule has 5 N–H and O–H groups in total. The number of halogens is 4. The maximum absolute atomic E-state index is 12.0. The number of aliphatic hydroxyl groups is 1. The van der Waals surface area contributed by atoms with E-state index in [1.807, 2.05) is 0 Å². The van der Waals surface area contributed by atoms with Gasteiger partial charge >= 0.3 is 0 Å². The first-order valence-electron chi connectivity index (χ1n) is 5.19. The van der Waals surface area contributed by atoms with Gasteiger partial charge in [-0.25, -0.2) is 13.2 Å². The van der Waals surface area contributed by atoms with E-state index in [1.165, 1.54) is 0 Å². The number of benzene rings is 1. The molecule has 0 aliphatic heterocycles. The standard InChI is InChI=1S/C6H3F3.C4H6ClNO2S.CH3NOS/c7-4-2-1-3-5(8)6(4)9;5-1-3(7)2-8-4(6)9;2-1(3)4/h1-3H;1-2H2,(H2,6,9);(H3,2,3,4). The van der Waals surface area contributed by atoms with Crippen molar-refractivity contribution in [3.05, 3.63) is 35.7 Å². The van der Waals surface area contributed by atoms with Crippen molar-refractivity contribution < 1.29 is 27.8 Å². The molecule has 0 bridgehead atoms. The molecule has 124 valence electrons. The van der Waals surface area contributed by atoms with Crippen LogP contribution in [0, 0.1) is 17.5 Å². The van der Waals surface area contributed by atoms with Crippen molar-refractivity contribution in [1.29, 1.82) is 0 Å². The van der Waals surface area contributed by atoms with Crippen LogP contribution < -0.4 is 11.5 Å². The van der Waals surface area contributed by atoms with Crippen LogP contribution in [0.2, 0.25) is 0 Å². The summed E-state index contributed by atoms with van der Waals surface area (Å²) < 4.78 is 40.4. The van der Waals surface area contributed by atoms with E-state index in [2.05, 4.69) is 34.9 Å². The highest BCUT2D eigenvalue weighted by molar-refractivity contribution is 7.80. The summed E-state index contributed by atoms with van der Waals surface area (Å²) in [5.74, 6) is -4.03. The highest BCUT2D eigenvalue weighted by Crippen LogP contribution is 2.07. The largest absolute Gasteiger partial charge is 0.487 e. The van der Waals surface area contributed by atoms with Gasteiger partial charge in [-0.3, -0.25) is 4.79 Å². The molecule has 0 atom stereocenters. The molecule has 1 rings (SSSR count). The number of rotatable bonds is 3. The van der Waals surface area contributed by atoms with E-state index in [-0.39, 0.29) is 23.4 Å². The lowest BCUT2D eigenvalue weighted by atomic mass is 10.3. The lowest BCUT2D eigenvalue weighted by molar-refractivity contribution is -0.118. The zero-order valence-electron chi connectivity index (χ0n) is 10.9. The molecule has 0 heterocycles. The third-order valence-corrected chi connectivity index (χ3v) is 1.84. The third-order valence-electron chi connectivity index (χ3n) is 1.43. The second kappa shape index (κ2) is 13.0. The van der Waals surface area contributed by atoms with Gasteiger partial charge in [0.2, 0.25) is 0 Å². The van der Waals surface area contributed by atoms with Crippen LogP contribution in [0.1, 0.15) is 0 Å². The van der Waals surface area contributed by atoms with Crippen molar-refractivity contribution in [2.45, 2.75) is 0 Å². The predicted molar refractivity (Wildman–Crippen MR) is 84.2 cm³/mol. The van der Waals surface area contributed by atoms with Crippen LogP contribution in [0.25, 0.3) is 0 Å². The number of thiocarbonyl (C=S) groups is 2. The number of alkyl halides is 1. The molecule has 5 nitrogen and oxygen atoms in total. The Hall–Kier alpha value is -1.65. The fourth-order valence-electron chi connectivity index (χ4n) is 0.668. The molecule has 0 radical (unpaired) electrons. The molecule has 1 aromatic carbocycles. The fourth-order valence-corrected chi connectivity index (χ4v) is 0.804. The molecule has 22 heavy (non-hydrogen) atoms. The number of Topliss-reactive ketones (excluding diaryl/α,β-unsaturated/α-hetero) is 1. The maximum Gasteiger partial charge on any atom is 0.254 e. The Morgan fingerprint density at radius 3 is 1.91 bits per heavy atom. The molecule has 0 spiro atoms. The van der Waals surface area contributed by atoms with E-state index in [0.29, 0.717) is 0 Å². The van der Waals surface area contributed by atoms with E-state index in [9.17, 15) is 18.0 Å². The fraction of sp³-hybridized carbons (Fsp3) is 0.182. The van der Waals surface area contributed by atoms with Crippen molar-refractivity contribution in [2.24, 2.45) is 11.5 Å². The van der Waals surface area contributed by atoms with E-state index in [1.54, 1.807) is 0 Å². The van der Waals surface area contributed by atoms with E-state index >= 15 is 0 Å². The number of carbonyl (C=O) groups excluding carboxylic acids is 1. The van der Waals surface area contributed by atoms with Gasteiger partial charge in [-0.2, -0.15) is 0 Å². The van der Waals surface area contributed by atoms with E-state index in [4.69, 9.17) is 22.4 Å². The highest BCUT2D eigenvalue weighted by atomic mass is 35.5. The van der Waals surface area contributed by atoms with Gasteiger partial charge in [0.05, 0.1) is 5.88 Å². The summed E-state index contributed by atoms with van der Waals surface area (Å²) in [4.78, 5) is 10.3. The van der Waals surface area contributed by atoms with Gasteiger partial charge in [-0.1, -0.05) is 6.07 Å². The summed E-state index contributed by atoms with van der Waals surface area (Å²) in [5.41, 5.74) is 9.31. The normalized spacial score (nSPS) is 8.55. The monoisotopic (exact) mass is 376 g/mol. The average molecular weight is 377 g/mol. The number of hydrogen-bond acceptors (Lipinski definition) is 4. The van der Waals surface area contributed by atoms with Crippen molar-refractivity contribution in [1.82, 2.24) is 0 Å². The Morgan fingerprint density at radius 1 is 1.23 bits per heavy atom. The van der Waals surface area contributed by atoms with Gasteiger partial charge in [0.25, 0.3) is 10.3 Å². The number of aliphatic hydroxyl groups excluding tert-OH is 1. The molecule has 0 saturated carbocycles. The lowest BCUT2D eigenvalue weighted by Gasteiger charge is -1.97. The second-order valence-electron chi connectivity index (χ2n) is 3.15. The molecule has 1 aromatic rings. The second-order valence-corrected chi connectivity index (χ2v) is 4.24. The number of ketones is 1. The van der Waals surface area contributed by atoms with Gasteiger partial charge in [0, 0.05) is 0 Å². The molecule has 11 heteroatoms. The van der Waals surface area contributed by atoms with Crippen LogP contribution in [0.3, 0.4) is 0 Å². The Bertz CT molecular complexity index is 497. The van der Waals surface area contributed by atoms with Crippen LogP contribution >= 0.6 is 36.0 Å². The Labute approximate surface area is 140 Å². The number of ether oxygens (including phenoxy) is 1. The Morgan fingerprint density at radius 2 is 1.64 bits per heavy atom. The summed E-state index contributed by atoms with van der Waals surface area (Å²) in [5, 5.41) is 6.93. The summed E-state index contributed by atoms with van der Waals surface area (Å²) in [7, 11) is 0. The van der Waals surface area contributed by atoms with Crippen molar-refractivity contribution >= 4 is 52.2 Å². The number of nitrogens with two attached hydrogens (primary N) is 2. The van der Waals surface area contributed by atoms with E-state index < -0.39 is 22.6 Å². The van der Waals surface area contributed by atoms with Crippen LogP contribution in [-0.4, -0.2) is 33.7 Å². The van der Waals surface area contributed by atoms with Crippen molar-refractivity contribution in [3.63, 3.8) is 0 Å². The van der Waals surface area contributed by atoms with Crippen molar-refractivity contribution in [3.8, 4) is 0 Å². The lowest BCUT2D eigenvalue weighted by Crippen LogP contribution is -2.18. The summed E-state index contributed by atoms with van der Waals surface area (Å²) >= 11 is 13.3.